The Hall–Kier alpha value is -2.66. The Labute approximate surface area is 342 Å². The first-order chi connectivity index (χ1) is 26.7. The number of ketones is 1. The van der Waals surface area contributed by atoms with Gasteiger partial charge in [-0.2, -0.15) is 0 Å². The van der Waals surface area contributed by atoms with Crippen molar-refractivity contribution in [3.63, 3.8) is 0 Å². The maximum atomic E-state index is 14.3. The van der Waals surface area contributed by atoms with Crippen LogP contribution in [-0.2, 0) is 25.7 Å². The molecule has 0 aromatic carbocycles. The van der Waals surface area contributed by atoms with Crippen LogP contribution in [0.4, 0.5) is 0 Å². The predicted molar refractivity (Wildman–Crippen MR) is 221 cm³/mol. The van der Waals surface area contributed by atoms with Gasteiger partial charge in [-0.1, -0.05) is 60.1 Å². The quantitative estimate of drug-likeness (QED) is 0.106. The van der Waals surface area contributed by atoms with E-state index in [2.05, 4.69) is 63.7 Å². The molecule has 318 valence electrons. The lowest BCUT2D eigenvalue weighted by atomic mass is 9.33. The molecule has 4 saturated carbocycles. The molecular weight excluding hydrogens is 719 g/mol. The number of esters is 1. The summed E-state index contributed by atoms with van der Waals surface area (Å²) in [6, 6.07) is 5.92. The number of nitrogens with one attached hydrogen (secondary N) is 1. The van der Waals surface area contributed by atoms with Gasteiger partial charge in [0.15, 0.2) is 5.78 Å². The number of fused-ring (bicyclic) bond motifs is 7. The summed E-state index contributed by atoms with van der Waals surface area (Å²) < 4.78 is 6.19. The van der Waals surface area contributed by atoms with Crippen molar-refractivity contribution in [3.8, 4) is 0 Å². The third-order valence-corrected chi connectivity index (χ3v) is 16.9. The maximum Gasteiger partial charge on any atom is 0.309 e. The summed E-state index contributed by atoms with van der Waals surface area (Å²) in [5.74, 6) is -0.104. The number of hydrogen-bond donors (Lipinski definition) is 4. The van der Waals surface area contributed by atoms with Crippen molar-refractivity contribution >= 4 is 17.7 Å². The molecule has 9 atom stereocenters. The zero-order valence-corrected chi connectivity index (χ0v) is 36.5. The highest BCUT2D eigenvalue weighted by atomic mass is 16.5. The van der Waals surface area contributed by atoms with Crippen LogP contribution in [0.25, 0.3) is 0 Å². The number of carbonyl (C=O) groups excluding carboxylic acids is 2. The lowest BCUT2D eigenvalue weighted by Gasteiger charge is -2.72. The summed E-state index contributed by atoms with van der Waals surface area (Å²) >= 11 is 0. The molecule has 1 aromatic heterocycles. The van der Waals surface area contributed by atoms with E-state index in [4.69, 9.17) is 4.74 Å². The van der Waals surface area contributed by atoms with Crippen LogP contribution in [0, 0.1) is 56.2 Å². The average Bonchev–Trinajstić information content (AvgIpc) is 3.45. The Bertz CT molecular complexity index is 1690. The first-order valence-corrected chi connectivity index (χ1v) is 22.0. The summed E-state index contributed by atoms with van der Waals surface area (Å²) in [7, 11) is 0. The van der Waals surface area contributed by atoms with Gasteiger partial charge in [-0.3, -0.25) is 24.3 Å². The summed E-state index contributed by atoms with van der Waals surface area (Å²) in [5.41, 5.74) is 1.16. The number of Topliss-reactive ketones (excluding diaryl/α,β-unsaturated/α-hetero) is 1. The topological polar surface area (TPSA) is 149 Å². The van der Waals surface area contributed by atoms with E-state index >= 15 is 0 Å². The van der Waals surface area contributed by atoms with Crippen LogP contribution in [0.5, 0.6) is 0 Å². The SMILES string of the molecule is CC(C)C1=C2[C@H]3CC[C@@H]4[C@@]5(C)CC[C@H](OC(=O)CC(C)(C)C(=O)O)C(C)(C)[C@H]5CC[C@@]4(C)[C@]3(C)CCC2(C(O)CN(CCNCCO)Cc2ccccn2)CC1=O. The van der Waals surface area contributed by atoms with Gasteiger partial charge in [0.25, 0.3) is 0 Å². The van der Waals surface area contributed by atoms with Crippen LogP contribution in [-0.4, -0.2) is 87.9 Å². The number of carboxylic acids is 1. The van der Waals surface area contributed by atoms with Gasteiger partial charge in [0.2, 0.25) is 0 Å². The summed E-state index contributed by atoms with van der Waals surface area (Å²) in [6.07, 6.45) is 8.70. The van der Waals surface area contributed by atoms with Gasteiger partial charge in [0.1, 0.15) is 6.10 Å². The van der Waals surface area contributed by atoms with Gasteiger partial charge in [-0.15, -0.1) is 0 Å². The summed E-state index contributed by atoms with van der Waals surface area (Å²) in [4.78, 5) is 46.1. The van der Waals surface area contributed by atoms with E-state index in [1.165, 1.54) is 5.57 Å². The normalized spacial score (nSPS) is 35.4. The zero-order valence-electron chi connectivity index (χ0n) is 36.5. The molecule has 0 radical (unpaired) electrons. The number of carboxylic acid groups (broad SMARTS) is 1. The molecule has 0 saturated heterocycles. The third-order valence-electron chi connectivity index (χ3n) is 16.9. The molecule has 1 aromatic rings. The highest BCUT2D eigenvalue weighted by Crippen LogP contribution is 2.77. The van der Waals surface area contributed by atoms with E-state index in [1.807, 2.05) is 18.2 Å². The van der Waals surface area contributed by atoms with Crippen LogP contribution in [0.3, 0.4) is 0 Å². The van der Waals surface area contributed by atoms with Gasteiger partial charge in [-0.05, 0) is 123 Å². The van der Waals surface area contributed by atoms with Gasteiger partial charge in [0, 0.05) is 56.2 Å². The molecule has 1 heterocycles. The molecule has 2 unspecified atom stereocenters. The van der Waals surface area contributed by atoms with E-state index in [9.17, 15) is 29.7 Å². The van der Waals surface area contributed by atoms with Crippen LogP contribution in [0.15, 0.2) is 35.5 Å². The van der Waals surface area contributed by atoms with Crippen molar-refractivity contribution in [2.75, 3.05) is 32.8 Å². The molecule has 57 heavy (non-hydrogen) atoms. The van der Waals surface area contributed by atoms with Gasteiger partial charge >= 0.3 is 11.9 Å². The second-order valence-corrected chi connectivity index (χ2v) is 21.1. The number of aliphatic carboxylic acids is 1. The first kappa shape index (κ1) is 43.9. The Morgan fingerprint density at radius 3 is 2.37 bits per heavy atom. The lowest BCUT2D eigenvalue weighted by molar-refractivity contribution is -0.235. The molecule has 5 aliphatic carbocycles. The molecule has 4 fully saturated rings. The van der Waals surface area contributed by atoms with Crippen LogP contribution in [0.1, 0.15) is 132 Å². The highest BCUT2D eigenvalue weighted by Gasteiger charge is 2.71. The number of allylic oxidation sites excluding steroid dienone is 1. The molecule has 6 rings (SSSR count). The number of aliphatic hydroxyl groups is 2. The third kappa shape index (κ3) is 7.56. The Morgan fingerprint density at radius 1 is 0.982 bits per heavy atom. The number of aromatic nitrogens is 1. The smallest absolute Gasteiger partial charge is 0.309 e. The second kappa shape index (κ2) is 16.1. The highest BCUT2D eigenvalue weighted by molar-refractivity contribution is 6.00. The molecule has 4 N–H and O–H groups in total. The van der Waals surface area contributed by atoms with E-state index in [-0.39, 0.29) is 58.4 Å². The number of aliphatic hydroxyl groups excluding tert-OH is 2. The molecule has 0 aliphatic heterocycles. The van der Waals surface area contributed by atoms with E-state index < -0.39 is 28.9 Å². The number of nitrogens with zero attached hydrogens (tertiary/aromatic N) is 2. The van der Waals surface area contributed by atoms with Gasteiger partial charge < -0.3 is 25.4 Å². The monoisotopic (exact) mass is 792 g/mol. The standard InChI is InChI=1S/C47H73N3O7/c1-30(2)39-33(52)26-47(36(53)29-50(24-22-48-23-25-51)28-31-12-10-11-21-49-31)20-19-45(8)32(40(39)47)13-14-35-44(7)17-16-37(57-38(54)27-42(3,4)41(55)56)43(5,6)34(44)15-18-46(35,45)9/h10-12,21,30,32,34-37,48,51,53H,13-20,22-29H2,1-9H3,(H,55,56)/t32-,34-,35-,36?,37+,44+,45-,46-,47?/m1/s1. The Morgan fingerprint density at radius 2 is 1.72 bits per heavy atom. The second-order valence-electron chi connectivity index (χ2n) is 21.1. The van der Waals surface area contributed by atoms with Crippen molar-refractivity contribution < 1.29 is 34.4 Å². The van der Waals surface area contributed by atoms with Crippen molar-refractivity contribution in [1.29, 1.82) is 0 Å². The molecule has 0 bridgehead atoms. The van der Waals surface area contributed by atoms with Crippen LogP contribution >= 0.6 is 0 Å². The molecule has 0 amide bonds. The Kier molecular flexibility index (Phi) is 12.4. The number of hydrogen-bond acceptors (Lipinski definition) is 9. The fraction of sp³-hybridized carbons (Fsp3) is 0.787. The zero-order chi connectivity index (χ0) is 41.8. The first-order valence-electron chi connectivity index (χ1n) is 22.0. The molecule has 10 heteroatoms. The van der Waals surface area contributed by atoms with Crippen molar-refractivity contribution in [2.24, 2.45) is 56.2 Å². The fourth-order valence-corrected chi connectivity index (χ4v) is 13.7. The van der Waals surface area contributed by atoms with E-state index in [0.717, 1.165) is 62.6 Å². The molecule has 10 nitrogen and oxygen atoms in total. The average molecular weight is 792 g/mol. The summed E-state index contributed by atoms with van der Waals surface area (Å²) in [6.45, 7) is 22.6. The fourth-order valence-electron chi connectivity index (χ4n) is 13.7. The molecule has 0 spiro atoms. The minimum Gasteiger partial charge on any atom is -0.481 e. The predicted octanol–water partition coefficient (Wildman–Crippen LogP) is 7.22. The number of pyridine rings is 1. The van der Waals surface area contributed by atoms with E-state index in [1.54, 1.807) is 20.0 Å². The van der Waals surface area contributed by atoms with Crippen LogP contribution < -0.4 is 5.32 Å². The van der Waals surface area contributed by atoms with Crippen molar-refractivity contribution in [2.45, 2.75) is 145 Å². The Balaban J connectivity index is 1.28. The number of carbonyl (C=O) groups is 3. The molecular formula is C47H73N3O7. The molecule has 5 aliphatic rings. The van der Waals surface area contributed by atoms with E-state index in [0.29, 0.717) is 51.0 Å². The summed E-state index contributed by atoms with van der Waals surface area (Å²) in [5, 5.41) is 34.9. The largest absolute Gasteiger partial charge is 0.481 e. The van der Waals surface area contributed by atoms with Crippen molar-refractivity contribution in [1.82, 2.24) is 15.2 Å². The maximum absolute atomic E-state index is 14.3. The van der Waals surface area contributed by atoms with Gasteiger partial charge in [-0.25, -0.2) is 0 Å². The lowest BCUT2D eigenvalue weighted by Crippen LogP contribution is -2.66. The minimum atomic E-state index is -1.18. The van der Waals surface area contributed by atoms with Gasteiger partial charge in [0.05, 0.1) is 30.2 Å². The number of rotatable bonds is 15. The van der Waals surface area contributed by atoms with Crippen molar-refractivity contribution in [3.05, 3.63) is 41.2 Å². The minimum absolute atomic E-state index is 0.0213. The van der Waals surface area contributed by atoms with Crippen LogP contribution in [0.2, 0.25) is 0 Å². The number of ether oxygens (including phenoxy) is 1.